The standard InChI is InChI=1S/C16H14N2O2/c1-19-12-6-7-15(14(17)10-12)20-16-13-5-3-2-4-11(13)8-9-18-16/h2-10H,17H2,1H3. The first-order chi connectivity index (χ1) is 9.78. The summed E-state index contributed by atoms with van der Waals surface area (Å²) in [5.74, 6) is 1.80. The highest BCUT2D eigenvalue weighted by Crippen LogP contribution is 2.32. The molecule has 100 valence electrons. The number of ether oxygens (including phenoxy) is 2. The van der Waals surface area contributed by atoms with Gasteiger partial charge in [0.1, 0.15) is 5.75 Å². The van der Waals surface area contributed by atoms with Crippen LogP contribution in [0, 0.1) is 0 Å². The monoisotopic (exact) mass is 266 g/mol. The lowest BCUT2D eigenvalue weighted by Gasteiger charge is -2.10. The second-order valence-corrected chi connectivity index (χ2v) is 4.34. The Bertz CT molecular complexity index is 751. The highest BCUT2D eigenvalue weighted by atomic mass is 16.5. The summed E-state index contributed by atoms with van der Waals surface area (Å²) >= 11 is 0. The molecular weight excluding hydrogens is 252 g/mol. The molecule has 0 aliphatic heterocycles. The molecule has 0 fully saturated rings. The average molecular weight is 266 g/mol. The first-order valence-corrected chi connectivity index (χ1v) is 6.23. The number of anilines is 1. The third kappa shape index (κ3) is 2.23. The average Bonchev–Trinajstić information content (AvgIpc) is 2.49. The molecule has 3 rings (SSSR count). The van der Waals surface area contributed by atoms with E-state index >= 15 is 0 Å². The van der Waals surface area contributed by atoms with Crippen LogP contribution in [0.15, 0.2) is 54.7 Å². The lowest BCUT2D eigenvalue weighted by atomic mass is 10.2. The van der Waals surface area contributed by atoms with Crippen LogP contribution in [0.1, 0.15) is 0 Å². The highest BCUT2D eigenvalue weighted by molar-refractivity contribution is 5.86. The van der Waals surface area contributed by atoms with E-state index in [0.29, 0.717) is 23.1 Å². The van der Waals surface area contributed by atoms with Gasteiger partial charge >= 0.3 is 0 Å². The summed E-state index contributed by atoms with van der Waals surface area (Å²) in [6.07, 6.45) is 1.72. The van der Waals surface area contributed by atoms with E-state index in [1.165, 1.54) is 0 Å². The number of hydrogen-bond donors (Lipinski definition) is 1. The second kappa shape index (κ2) is 5.09. The number of nitrogen functional groups attached to an aromatic ring is 1. The van der Waals surface area contributed by atoms with Gasteiger partial charge in [0, 0.05) is 17.6 Å². The molecule has 2 N–H and O–H groups in total. The Labute approximate surface area is 116 Å². The van der Waals surface area contributed by atoms with Crippen LogP contribution in [0.2, 0.25) is 0 Å². The van der Waals surface area contributed by atoms with E-state index in [-0.39, 0.29) is 0 Å². The molecule has 0 atom stereocenters. The zero-order valence-corrected chi connectivity index (χ0v) is 11.0. The zero-order valence-electron chi connectivity index (χ0n) is 11.0. The van der Waals surface area contributed by atoms with Crippen molar-refractivity contribution in [3.63, 3.8) is 0 Å². The number of pyridine rings is 1. The van der Waals surface area contributed by atoms with Crippen LogP contribution in [0.3, 0.4) is 0 Å². The van der Waals surface area contributed by atoms with Crippen molar-refractivity contribution in [2.45, 2.75) is 0 Å². The van der Waals surface area contributed by atoms with Crippen molar-refractivity contribution in [1.29, 1.82) is 0 Å². The molecule has 0 saturated heterocycles. The first-order valence-electron chi connectivity index (χ1n) is 6.23. The Morgan fingerprint density at radius 1 is 1.05 bits per heavy atom. The second-order valence-electron chi connectivity index (χ2n) is 4.34. The van der Waals surface area contributed by atoms with Crippen molar-refractivity contribution >= 4 is 16.5 Å². The van der Waals surface area contributed by atoms with Crippen LogP contribution in [0.25, 0.3) is 10.8 Å². The maximum Gasteiger partial charge on any atom is 0.227 e. The van der Waals surface area contributed by atoms with E-state index in [4.69, 9.17) is 15.2 Å². The molecule has 20 heavy (non-hydrogen) atoms. The number of nitrogens with zero attached hydrogens (tertiary/aromatic N) is 1. The minimum Gasteiger partial charge on any atom is -0.497 e. The van der Waals surface area contributed by atoms with Gasteiger partial charge in [-0.1, -0.05) is 18.2 Å². The molecule has 0 spiro atoms. The number of rotatable bonds is 3. The molecular formula is C16H14N2O2. The lowest BCUT2D eigenvalue weighted by Crippen LogP contribution is -1.95. The molecule has 0 radical (unpaired) electrons. The number of nitrogens with two attached hydrogens (primary N) is 1. The largest absolute Gasteiger partial charge is 0.497 e. The topological polar surface area (TPSA) is 57.4 Å². The predicted molar refractivity (Wildman–Crippen MR) is 79.2 cm³/mol. The number of benzene rings is 2. The van der Waals surface area contributed by atoms with Gasteiger partial charge in [-0.2, -0.15) is 0 Å². The van der Waals surface area contributed by atoms with Crippen LogP contribution >= 0.6 is 0 Å². The summed E-state index contributed by atoms with van der Waals surface area (Å²) < 4.78 is 10.9. The van der Waals surface area contributed by atoms with Crippen LogP contribution < -0.4 is 15.2 Å². The number of fused-ring (bicyclic) bond motifs is 1. The normalized spacial score (nSPS) is 10.4. The Hall–Kier alpha value is -2.75. The minimum atomic E-state index is 0.513. The molecule has 0 unspecified atom stereocenters. The van der Waals surface area contributed by atoms with Crippen LogP contribution in [-0.4, -0.2) is 12.1 Å². The lowest BCUT2D eigenvalue weighted by molar-refractivity contribution is 0.413. The first kappa shape index (κ1) is 12.3. The van der Waals surface area contributed by atoms with Crippen molar-refractivity contribution in [1.82, 2.24) is 4.98 Å². The van der Waals surface area contributed by atoms with Gasteiger partial charge in [-0.25, -0.2) is 4.98 Å². The van der Waals surface area contributed by atoms with Gasteiger partial charge in [-0.3, -0.25) is 0 Å². The molecule has 0 amide bonds. The molecule has 0 aliphatic rings. The molecule has 4 heteroatoms. The van der Waals surface area contributed by atoms with Gasteiger partial charge < -0.3 is 15.2 Å². The van der Waals surface area contributed by atoms with Crippen LogP contribution in [0.5, 0.6) is 17.4 Å². The molecule has 1 heterocycles. The van der Waals surface area contributed by atoms with Gasteiger partial charge in [0.2, 0.25) is 5.88 Å². The van der Waals surface area contributed by atoms with E-state index in [9.17, 15) is 0 Å². The third-order valence-corrected chi connectivity index (χ3v) is 3.06. The molecule has 4 nitrogen and oxygen atoms in total. The highest BCUT2D eigenvalue weighted by Gasteiger charge is 2.08. The number of hydrogen-bond acceptors (Lipinski definition) is 4. The van der Waals surface area contributed by atoms with Gasteiger partial charge in [0.25, 0.3) is 0 Å². The fourth-order valence-corrected chi connectivity index (χ4v) is 2.02. The fraction of sp³-hybridized carbons (Fsp3) is 0.0625. The van der Waals surface area contributed by atoms with E-state index < -0.39 is 0 Å². The molecule has 3 aromatic rings. The Morgan fingerprint density at radius 3 is 2.70 bits per heavy atom. The maximum absolute atomic E-state index is 5.96. The van der Waals surface area contributed by atoms with Gasteiger partial charge in [-0.05, 0) is 29.7 Å². The maximum atomic E-state index is 5.96. The van der Waals surface area contributed by atoms with E-state index in [2.05, 4.69) is 4.98 Å². The molecule has 0 bridgehead atoms. The fourth-order valence-electron chi connectivity index (χ4n) is 2.02. The Kier molecular flexibility index (Phi) is 3.13. The van der Waals surface area contributed by atoms with Crippen LogP contribution in [0.4, 0.5) is 5.69 Å². The molecule has 1 aromatic heterocycles. The summed E-state index contributed by atoms with van der Waals surface area (Å²) in [6, 6.07) is 15.2. The number of methoxy groups -OCH3 is 1. The van der Waals surface area contributed by atoms with E-state index in [1.54, 1.807) is 31.5 Å². The summed E-state index contributed by atoms with van der Waals surface area (Å²) in [6.45, 7) is 0. The van der Waals surface area contributed by atoms with Crippen molar-refractivity contribution in [3.8, 4) is 17.4 Å². The van der Waals surface area contributed by atoms with E-state index in [0.717, 1.165) is 10.8 Å². The summed E-state index contributed by atoms with van der Waals surface area (Å²) in [5, 5.41) is 2.02. The van der Waals surface area contributed by atoms with Crippen molar-refractivity contribution in [2.24, 2.45) is 0 Å². The Balaban J connectivity index is 2.01. The molecule has 0 saturated carbocycles. The zero-order chi connectivity index (χ0) is 13.9. The smallest absolute Gasteiger partial charge is 0.227 e. The predicted octanol–water partition coefficient (Wildman–Crippen LogP) is 3.62. The summed E-state index contributed by atoms with van der Waals surface area (Å²) in [7, 11) is 1.60. The van der Waals surface area contributed by atoms with Crippen LogP contribution in [-0.2, 0) is 0 Å². The van der Waals surface area contributed by atoms with Gasteiger partial charge in [0.15, 0.2) is 5.75 Å². The SMILES string of the molecule is COc1ccc(Oc2nccc3ccccc23)c(N)c1. The Morgan fingerprint density at radius 2 is 1.90 bits per heavy atom. The van der Waals surface area contributed by atoms with Gasteiger partial charge in [-0.15, -0.1) is 0 Å². The number of aromatic nitrogens is 1. The van der Waals surface area contributed by atoms with Gasteiger partial charge in [0.05, 0.1) is 12.8 Å². The van der Waals surface area contributed by atoms with E-state index in [1.807, 2.05) is 30.3 Å². The molecule has 2 aromatic carbocycles. The third-order valence-electron chi connectivity index (χ3n) is 3.06. The summed E-state index contributed by atoms with van der Waals surface area (Å²) in [5.41, 5.74) is 6.47. The van der Waals surface area contributed by atoms with Crippen molar-refractivity contribution < 1.29 is 9.47 Å². The van der Waals surface area contributed by atoms with Crippen molar-refractivity contribution in [3.05, 3.63) is 54.7 Å². The molecule has 0 aliphatic carbocycles. The summed E-state index contributed by atoms with van der Waals surface area (Å²) in [4.78, 5) is 4.28. The quantitative estimate of drug-likeness (QED) is 0.736. The minimum absolute atomic E-state index is 0.513. The van der Waals surface area contributed by atoms with Crippen molar-refractivity contribution in [2.75, 3.05) is 12.8 Å².